The molecule has 0 amide bonds. The minimum Gasteiger partial charge on any atom is -0.258 e. The molecule has 0 radical (unpaired) electrons. The van der Waals surface area contributed by atoms with Crippen LogP contribution in [0.1, 0.15) is 11.3 Å². The Hall–Kier alpha value is -2.11. The fraction of sp³-hybridized carbons (Fsp3) is 0.133. The number of halogens is 2. The van der Waals surface area contributed by atoms with Crippen LogP contribution in [0.25, 0.3) is 16.8 Å². The van der Waals surface area contributed by atoms with Gasteiger partial charge in [-0.15, -0.1) is 0 Å². The zero-order chi connectivity index (χ0) is 16.0. The van der Waals surface area contributed by atoms with Crippen molar-refractivity contribution in [3.63, 3.8) is 0 Å². The van der Waals surface area contributed by atoms with Gasteiger partial charge in [-0.05, 0) is 43.7 Å². The molecule has 2 aromatic heterocycles. The Kier molecular flexibility index (Phi) is 3.54. The Morgan fingerprint density at radius 2 is 1.91 bits per heavy atom. The quantitative estimate of drug-likeness (QED) is 0.497. The van der Waals surface area contributed by atoms with E-state index >= 15 is 0 Å². The van der Waals surface area contributed by atoms with Crippen LogP contribution in [0.4, 0.5) is 5.69 Å². The van der Waals surface area contributed by atoms with Gasteiger partial charge in [0.05, 0.1) is 15.6 Å². The number of nitro groups is 1. The first-order chi connectivity index (χ1) is 10.4. The molecule has 5 nitrogen and oxygen atoms in total. The molecule has 0 spiro atoms. The highest BCUT2D eigenvalue weighted by molar-refractivity contribution is 6.36. The van der Waals surface area contributed by atoms with Gasteiger partial charge in [0.15, 0.2) is 0 Å². The second-order valence-electron chi connectivity index (χ2n) is 4.98. The maximum Gasteiger partial charge on any atom is 0.317 e. The highest BCUT2D eigenvalue weighted by Crippen LogP contribution is 2.35. The van der Waals surface area contributed by atoms with Gasteiger partial charge in [0, 0.05) is 10.6 Å². The third-order valence-electron chi connectivity index (χ3n) is 3.51. The summed E-state index contributed by atoms with van der Waals surface area (Å²) in [6, 6.07) is 8.67. The van der Waals surface area contributed by atoms with Crippen molar-refractivity contribution >= 4 is 34.4 Å². The van der Waals surface area contributed by atoms with E-state index < -0.39 is 4.92 Å². The summed E-state index contributed by atoms with van der Waals surface area (Å²) in [7, 11) is 0. The van der Waals surface area contributed by atoms with Crippen LogP contribution in [-0.4, -0.2) is 14.5 Å². The fourth-order valence-corrected chi connectivity index (χ4v) is 3.04. The van der Waals surface area contributed by atoms with E-state index in [9.17, 15) is 10.1 Å². The number of nitrogens with zero attached hydrogens (tertiary/aromatic N) is 3. The van der Waals surface area contributed by atoms with Crippen LogP contribution < -0.4 is 0 Å². The monoisotopic (exact) mass is 335 g/mol. The summed E-state index contributed by atoms with van der Waals surface area (Å²) < 4.78 is 1.57. The molecule has 0 bridgehead atoms. The summed E-state index contributed by atoms with van der Waals surface area (Å²) in [5.74, 6) is 0. The molecular weight excluding hydrogens is 325 g/mol. The first-order valence-corrected chi connectivity index (χ1v) is 7.24. The lowest BCUT2D eigenvalue weighted by Gasteiger charge is -2.10. The smallest absolute Gasteiger partial charge is 0.258 e. The van der Waals surface area contributed by atoms with Gasteiger partial charge in [-0.25, -0.2) is 4.52 Å². The molecule has 1 aromatic carbocycles. The van der Waals surface area contributed by atoms with Gasteiger partial charge in [0.2, 0.25) is 0 Å². The van der Waals surface area contributed by atoms with Crippen LogP contribution in [-0.2, 0) is 0 Å². The lowest BCUT2D eigenvalue weighted by atomic mass is 10.1. The first-order valence-electron chi connectivity index (χ1n) is 6.49. The second-order valence-corrected chi connectivity index (χ2v) is 5.82. The van der Waals surface area contributed by atoms with Crippen molar-refractivity contribution in [1.82, 2.24) is 9.61 Å². The first kappa shape index (κ1) is 14.8. The van der Waals surface area contributed by atoms with Crippen LogP contribution >= 0.6 is 23.2 Å². The average Bonchev–Trinajstić information content (AvgIpc) is 2.76. The largest absolute Gasteiger partial charge is 0.317 e. The highest BCUT2D eigenvalue weighted by Gasteiger charge is 2.23. The van der Waals surface area contributed by atoms with Crippen molar-refractivity contribution in [1.29, 1.82) is 0 Å². The van der Waals surface area contributed by atoms with E-state index in [4.69, 9.17) is 23.2 Å². The van der Waals surface area contributed by atoms with E-state index in [-0.39, 0.29) is 5.69 Å². The second kappa shape index (κ2) is 5.26. The van der Waals surface area contributed by atoms with E-state index in [0.717, 1.165) is 16.8 Å². The lowest BCUT2D eigenvalue weighted by Crippen LogP contribution is -1.98. The van der Waals surface area contributed by atoms with Crippen molar-refractivity contribution in [3.8, 4) is 11.3 Å². The molecule has 112 valence electrons. The summed E-state index contributed by atoms with van der Waals surface area (Å²) in [6.07, 6.45) is 0. The number of fused-ring (bicyclic) bond motifs is 1. The summed E-state index contributed by atoms with van der Waals surface area (Å²) in [5, 5.41) is 16.6. The summed E-state index contributed by atoms with van der Waals surface area (Å²) >= 11 is 12.2. The predicted molar refractivity (Wildman–Crippen MR) is 86.8 cm³/mol. The minimum atomic E-state index is -0.416. The molecule has 0 N–H and O–H groups in total. The van der Waals surface area contributed by atoms with E-state index in [1.54, 1.807) is 35.7 Å². The zero-order valence-corrected chi connectivity index (χ0v) is 13.3. The normalized spacial score (nSPS) is 11.1. The van der Waals surface area contributed by atoms with E-state index in [0.29, 0.717) is 21.3 Å². The molecule has 0 aliphatic heterocycles. The molecule has 0 saturated carbocycles. The minimum absolute atomic E-state index is 0.00587. The zero-order valence-electron chi connectivity index (χ0n) is 11.8. The van der Waals surface area contributed by atoms with E-state index in [1.165, 1.54) is 0 Å². The Bertz CT molecular complexity index is 919. The fourth-order valence-electron chi connectivity index (χ4n) is 2.54. The Balaban J connectivity index is 2.41. The number of hydrogen-bond acceptors (Lipinski definition) is 3. The number of pyridine rings is 1. The summed E-state index contributed by atoms with van der Waals surface area (Å²) in [4.78, 5) is 10.8. The molecule has 7 heteroatoms. The predicted octanol–water partition coefficient (Wildman–Crippen LogP) is 4.83. The third kappa shape index (κ3) is 2.23. The van der Waals surface area contributed by atoms with Gasteiger partial charge < -0.3 is 0 Å². The standard InChI is InChI=1S/C15H11Cl2N3O2/c1-8-3-6-13-15(20(21)22)9(2)18-19(13)14(8)11-5-4-10(16)7-12(11)17/h3-7H,1-2H3. The van der Waals surface area contributed by atoms with Crippen molar-refractivity contribution in [2.45, 2.75) is 13.8 Å². The van der Waals surface area contributed by atoms with Gasteiger partial charge in [-0.2, -0.15) is 5.10 Å². The SMILES string of the molecule is Cc1ccc2c([N+](=O)[O-])c(C)nn2c1-c1ccc(Cl)cc1Cl. The van der Waals surface area contributed by atoms with Gasteiger partial charge in [-0.1, -0.05) is 29.3 Å². The molecule has 3 aromatic rings. The van der Waals surface area contributed by atoms with Gasteiger partial charge in [0.25, 0.3) is 0 Å². The Morgan fingerprint density at radius 3 is 2.55 bits per heavy atom. The molecule has 22 heavy (non-hydrogen) atoms. The molecule has 2 heterocycles. The maximum absolute atomic E-state index is 11.2. The number of aromatic nitrogens is 2. The van der Waals surface area contributed by atoms with Gasteiger partial charge >= 0.3 is 5.69 Å². The number of hydrogen-bond donors (Lipinski definition) is 0. The van der Waals surface area contributed by atoms with Crippen LogP contribution in [0, 0.1) is 24.0 Å². The number of benzene rings is 1. The molecule has 0 aliphatic carbocycles. The Labute approximate surface area is 136 Å². The van der Waals surface area contributed by atoms with Crippen LogP contribution in [0.15, 0.2) is 30.3 Å². The molecular formula is C15H11Cl2N3O2. The van der Waals surface area contributed by atoms with Crippen molar-refractivity contribution < 1.29 is 4.92 Å². The number of aryl methyl sites for hydroxylation is 2. The van der Waals surface area contributed by atoms with Crippen molar-refractivity contribution in [2.75, 3.05) is 0 Å². The molecule has 0 aliphatic rings. The highest BCUT2D eigenvalue weighted by atomic mass is 35.5. The maximum atomic E-state index is 11.2. The third-order valence-corrected chi connectivity index (χ3v) is 4.06. The average molecular weight is 336 g/mol. The summed E-state index contributed by atoms with van der Waals surface area (Å²) in [5.41, 5.74) is 3.17. The van der Waals surface area contributed by atoms with Gasteiger partial charge in [0.1, 0.15) is 11.2 Å². The molecule has 0 unspecified atom stereocenters. The van der Waals surface area contributed by atoms with Crippen molar-refractivity contribution in [2.24, 2.45) is 0 Å². The van der Waals surface area contributed by atoms with Crippen LogP contribution in [0.3, 0.4) is 0 Å². The molecule has 3 rings (SSSR count). The summed E-state index contributed by atoms with van der Waals surface area (Å²) in [6.45, 7) is 3.52. The van der Waals surface area contributed by atoms with E-state index in [2.05, 4.69) is 5.10 Å². The lowest BCUT2D eigenvalue weighted by molar-refractivity contribution is -0.383. The van der Waals surface area contributed by atoms with E-state index in [1.807, 2.05) is 13.0 Å². The topological polar surface area (TPSA) is 60.4 Å². The number of rotatable bonds is 2. The molecule has 0 fully saturated rings. The van der Waals surface area contributed by atoms with Crippen molar-refractivity contribution in [3.05, 3.63) is 61.7 Å². The Morgan fingerprint density at radius 1 is 1.18 bits per heavy atom. The van der Waals surface area contributed by atoms with Crippen LogP contribution in [0.2, 0.25) is 10.0 Å². The molecule has 0 atom stereocenters. The van der Waals surface area contributed by atoms with Gasteiger partial charge in [-0.3, -0.25) is 10.1 Å². The molecule has 0 saturated heterocycles. The van der Waals surface area contributed by atoms with Crippen LogP contribution in [0.5, 0.6) is 0 Å².